The quantitative estimate of drug-likeness (QED) is 0.126. The molecule has 244 valence electrons. The molecule has 9 nitrogen and oxygen atoms in total. The largest absolute Gasteiger partial charge is 0.481 e. The maximum Gasteiger partial charge on any atom is 0.306 e. The Morgan fingerprint density at radius 1 is 1.07 bits per heavy atom. The number of nitrogens with one attached hydrogen (secondary N) is 1. The smallest absolute Gasteiger partial charge is 0.306 e. The molecule has 0 saturated heterocycles. The Labute approximate surface area is 279 Å². The molecule has 2 amide bonds. The van der Waals surface area contributed by atoms with Crippen LogP contribution in [0.3, 0.4) is 0 Å². The number of thiazole rings is 1. The van der Waals surface area contributed by atoms with Gasteiger partial charge in [-0.05, 0) is 71.4 Å². The number of carboxylic acids is 1. The van der Waals surface area contributed by atoms with Crippen LogP contribution < -0.4 is 5.32 Å². The molecule has 0 saturated carbocycles. The van der Waals surface area contributed by atoms with Crippen molar-refractivity contribution in [2.75, 3.05) is 6.54 Å². The minimum absolute atomic E-state index is 0.0930. The van der Waals surface area contributed by atoms with E-state index in [1.165, 1.54) is 18.3 Å². The standard InChI is InChI=1S/C33H48IN3O6S/c1-8-14-37(30(39)15-21(5)9-2)28(20(3)4)18-29(43-23(7)38)32-36-27(19-44-32)31(40)35-26(16-22(6)33(41)42)17-24-10-12-25(34)13-11-24/h10-13,19-22,26,28-29H,8-9,14-18H2,1-7H3,(H,35,40)(H,41,42)/t21-,22?,26?,28?,29?/m0/s1. The number of nitrogens with zero attached hydrogens (tertiary/aromatic N) is 2. The van der Waals surface area contributed by atoms with E-state index in [0.29, 0.717) is 30.8 Å². The minimum atomic E-state index is -0.925. The zero-order valence-corrected chi connectivity index (χ0v) is 29.9. The van der Waals surface area contributed by atoms with Crippen molar-refractivity contribution in [1.29, 1.82) is 0 Å². The van der Waals surface area contributed by atoms with Crippen LogP contribution in [0, 0.1) is 21.3 Å². The van der Waals surface area contributed by atoms with Gasteiger partial charge in [0.2, 0.25) is 5.91 Å². The Bertz CT molecular complexity index is 1230. The molecular formula is C33H48IN3O6S. The van der Waals surface area contributed by atoms with E-state index in [1.54, 1.807) is 12.3 Å². The predicted molar refractivity (Wildman–Crippen MR) is 181 cm³/mol. The topological polar surface area (TPSA) is 126 Å². The van der Waals surface area contributed by atoms with Gasteiger partial charge in [-0.15, -0.1) is 11.3 Å². The van der Waals surface area contributed by atoms with E-state index in [-0.39, 0.29) is 35.9 Å². The number of ether oxygens (including phenoxy) is 1. The highest BCUT2D eigenvalue weighted by molar-refractivity contribution is 14.1. The number of carbonyl (C=O) groups excluding carboxylic acids is 3. The van der Waals surface area contributed by atoms with Crippen LogP contribution in [0.4, 0.5) is 0 Å². The summed E-state index contributed by atoms with van der Waals surface area (Å²) >= 11 is 3.46. The number of aromatic nitrogens is 1. The second-order valence-corrected chi connectivity index (χ2v) is 14.1. The number of carboxylic acid groups (broad SMARTS) is 1. The zero-order valence-electron chi connectivity index (χ0n) is 27.0. The molecule has 0 aliphatic rings. The summed E-state index contributed by atoms with van der Waals surface area (Å²) in [5.74, 6) is -1.99. The number of hydrogen-bond donors (Lipinski definition) is 2. The average Bonchev–Trinajstić information content (AvgIpc) is 3.45. The Kier molecular flexibility index (Phi) is 15.8. The van der Waals surface area contributed by atoms with Crippen LogP contribution in [0.2, 0.25) is 0 Å². The number of carbonyl (C=O) groups is 4. The van der Waals surface area contributed by atoms with Gasteiger partial charge in [-0.1, -0.05) is 60.1 Å². The van der Waals surface area contributed by atoms with E-state index in [4.69, 9.17) is 4.74 Å². The Morgan fingerprint density at radius 3 is 2.27 bits per heavy atom. The highest BCUT2D eigenvalue weighted by Crippen LogP contribution is 2.31. The van der Waals surface area contributed by atoms with Crippen LogP contribution in [0.25, 0.3) is 0 Å². The maximum absolute atomic E-state index is 13.4. The lowest BCUT2D eigenvalue weighted by Gasteiger charge is -2.36. The third-order valence-electron chi connectivity index (χ3n) is 7.76. The van der Waals surface area contributed by atoms with Gasteiger partial charge in [-0.3, -0.25) is 19.2 Å². The van der Waals surface area contributed by atoms with Crippen LogP contribution in [0.15, 0.2) is 29.6 Å². The summed E-state index contributed by atoms with van der Waals surface area (Å²) in [5.41, 5.74) is 1.17. The van der Waals surface area contributed by atoms with Gasteiger partial charge in [0, 0.05) is 47.3 Å². The normalized spacial score (nSPS) is 14.8. The van der Waals surface area contributed by atoms with Crippen molar-refractivity contribution in [3.8, 4) is 0 Å². The number of esters is 1. The SMILES string of the molecule is CCCN(C(=O)C[C@@H](C)CC)C(CC(OC(C)=O)c1nc(C(=O)NC(Cc2ccc(I)cc2)CC(C)C(=O)O)cs1)C(C)C. The highest BCUT2D eigenvalue weighted by Gasteiger charge is 2.32. The van der Waals surface area contributed by atoms with E-state index < -0.39 is 35.9 Å². The van der Waals surface area contributed by atoms with Gasteiger partial charge in [0.25, 0.3) is 5.91 Å². The molecule has 0 radical (unpaired) electrons. The lowest BCUT2D eigenvalue weighted by molar-refractivity contribution is -0.149. The molecule has 1 aromatic heterocycles. The summed E-state index contributed by atoms with van der Waals surface area (Å²) in [4.78, 5) is 57.0. The Balaban J connectivity index is 2.30. The summed E-state index contributed by atoms with van der Waals surface area (Å²) in [6, 6.07) is 7.28. The molecule has 0 bridgehead atoms. The summed E-state index contributed by atoms with van der Waals surface area (Å²) in [6.45, 7) is 13.9. The van der Waals surface area contributed by atoms with Crippen LogP contribution in [0.1, 0.15) is 108 Å². The highest BCUT2D eigenvalue weighted by atomic mass is 127. The molecule has 2 aromatic rings. The van der Waals surface area contributed by atoms with Gasteiger partial charge in [0.15, 0.2) is 6.10 Å². The second-order valence-electron chi connectivity index (χ2n) is 12.0. The molecule has 1 aromatic carbocycles. The lowest BCUT2D eigenvalue weighted by Crippen LogP contribution is -2.45. The molecule has 0 aliphatic heterocycles. The average molecular weight is 742 g/mol. The monoisotopic (exact) mass is 741 g/mol. The summed E-state index contributed by atoms with van der Waals surface area (Å²) in [7, 11) is 0. The molecule has 11 heteroatoms. The first-order valence-corrected chi connectivity index (χ1v) is 17.4. The predicted octanol–water partition coefficient (Wildman–Crippen LogP) is 6.89. The number of halogens is 1. The number of aliphatic carboxylic acids is 1. The van der Waals surface area contributed by atoms with Gasteiger partial charge >= 0.3 is 11.9 Å². The fraction of sp³-hybridized carbons (Fsp3) is 0.606. The minimum Gasteiger partial charge on any atom is -0.481 e. The van der Waals surface area contributed by atoms with Gasteiger partial charge in [0.1, 0.15) is 10.7 Å². The number of rotatable bonds is 18. The molecule has 1 heterocycles. The summed E-state index contributed by atoms with van der Waals surface area (Å²) < 4.78 is 6.83. The molecule has 0 aliphatic carbocycles. The summed E-state index contributed by atoms with van der Waals surface area (Å²) in [6.07, 6.45) is 2.55. The Morgan fingerprint density at radius 2 is 1.73 bits per heavy atom. The molecule has 5 atom stereocenters. The van der Waals surface area contributed by atoms with Crippen molar-refractivity contribution in [1.82, 2.24) is 15.2 Å². The van der Waals surface area contributed by atoms with Crippen molar-refractivity contribution < 1.29 is 29.0 Å². The number of benzene rings is 1. The lowest BCUT2D eigenvalue weighted by atomic mass is 9.94. The van der Waals surface area contributed by atoms with Crippen molar-refractivity contribution in [3.63, 3.8) is 0 Å². The molecule has 44 heavy (non-hydrogen) atoms. The van der Waals surface area contributed by atoms with Crippen molar-refractivity contribution in [3.05, 3.63) is 49.5 Å². The van der Waals surface area contributed by atoms with Crippen molar-refractivity contribution in [2.24, 2.45) is 17.8 Å². The summed E-state index contributed by atoms with van der Waals surface area (Å²) in [5, 5.41) is 14.6. The third kappa shape index (κ3) is 12.1. The van der Waals surface area contributed by atoms with E-state index in [1.807, 2.05) is 36.1 Å². The molecule has 2 rings (SSSR count). The molecule has 0 spiro atoms. The van der Waals surface area contributed by atoms with Crippen molar-refractivity contribution >= 4 is 57.7 Å². The molecule has 0 fully saturated rings. The second kappa shape index (κ2) is 18.4. The first-order valence-electron chi connectivity index (χ1n) is 15.5. The van der Waals surface area contributed by atoms with E-state index >= 15 is 0 Å². The van der Waals surface area contributed by atoms with Crippen LogP contribution in [0.5, 0.6) is 0 Å². The zero-order chi connectivity index (χ0) is 33.0. The third-order valence-corrected chi connectivity index (χ3v) is 9.41. The Hall–Kier alpha value is -2.54. The van der Waals surface area contributed by atoms with Gasteiger partial charge in [0.05, 0.1) is 5.92 Å². The van der Waals surface area contributed by atoms with E-state index in [2.05, 4.69) is 60.6 Å². The van der Waals surface area contributed by atoms with Crippen molar-refractivity contribution in [2.45, 2.75) is 105 Å². The van der Waals surface area contributed by atoms with Gasteiger partial charge in [-0.2, -0.15) is 0 Å². The first kappa shape index (κ1) is 37.6. The van der Waals surface area contributed by atoms with E-state index in [9.17, 15) is 24.3 Å². The molecule has 4 unspecified atom stereocenters. The fourth-order valence-electron chi connectivity index (χ4n) is 5.08. The maximum atomic E-state index is 13.4. The van der Waals surface area contributed by atoms with Crippen LogP contribution in [-0.4, -0.2) is 57.4 Å². The molecular weight excluding hydrogens is 693 g/mol. The van der Waals surface area contributed by atoms with Gasteiger partial charge < -0.3 is 20.1 Å². The first-order chi connectivity index (χ1) is 20.7. The fourth-order valence-corrected chi connectivity index (χ4v) is 6.28. The number of hydrogen-bond acceptors (Lipinski definition) is 7. The van der Waals surface area contributed by atoms with Gasteiger partial charge in [-0.25, -0.2) is 4.98 Å². The molecule has 2 N–H and O–H groups in total. The number of amides is 2. The van der Waals surface area contributed by atoms with E-state index in [0.717, 1.165) is 22.0 Å². The van der Waals surface area contributed by atoms with Crippen LogP contribution in [-0.2, 0) is 25.5 Å². The van der Waals surface area contributed by atoms with Crippen LogP contribution >= 0.6 is 33.9 Å².